The first-order valence-electron chi connectivity index (χ1n) is 10.1. The number of rotatable bonds is 8. The Morgan fingerprint density at radius 1 is 1.00 bits per heavy atom. The van der Waals surface area contributed by atoms with E-state index in [0.717, 1.165) is 12.1 Å². The van der Waals surface area contributed by atoms with Crippen LogP contribution in [0.5, 0.6) is 0 Å². The molecule has 0 unspecified atom stereocenters. The third kappa shape index (κ3) is 6.93. The molecule has 0 aliphatic rings. The molecular formula is C23H33N3O3S. The van der Waals surface area contributed by atoms with E-state index in [2.05, 4.69) is 41.9 Å². The molecule has 0 saturated heterocycles. The number of hydrogen-bond acceptors (Lipinski definition) is 4. The number of amides is 1. The van der Waals surface area contributed by atoms with Crippen LogP contribution in [-0.4, -0.2) is 37.9 Å². The molecule has 0 aromatic heterocycles. The SMILES string of the molecule is CC(C)N(C)Cc1ccccc1CNC(=O)c1ccc(S(=O)(=O)NC(C)(C)C)cc1. The van der Waals surface area contributed by atoms with Crippen LogP contribution >= 0.6 is 0 Å². The molecule has 0 fully saturated rings. The van der Waals surface area contributed by atoms with Gasteiger partial charge in [-0.25, -0.2) is 13.1 Å². The van der Waals surface area contributed by atoms with Gasteiger partial charge in [0.1, 0.15) is 0 Å². The minimum atomic E-state index is -3.63. The Morgan fingerprint density at radius 3 is 2.10 bits per heavy atom. The second kappa shape index (κ2) is 9.73. The van der Waals surface area contributed by atoms with Crippen LogP contribution in [0.1, 0.15) is 56.1 Å². The Labute approximate surface area is 180 Å². The summed E-state index contributed by atoms with van der Waals surface area (Å²) in [6.45, 7) is 10.8. The second-order valence-corrected chi connectivity index (χ2v) is 10.5. The van der Waals surface area contributed by atoms with E-state index >= 15 is 0 Å². The largest absolute Gasteiger partial charge is 0.348 e. The zero-order valence-electron chi connectivity index (χ0n) is 18.7. The van der Waals surface area contributed by atoms with E-state index in [-0.39, 0.29) is 10.8 Å². The third-order valence-electron chi connectivity index (χ3n) is 4.73. The fourth-order valence-electron chi connectivity index (χ4n) is 2.86. The predicted octanol–water partition coefficient (Wildman–Crippen LogP) is 3.53. The van der Waals surface area contributed by atoms with Crippen molar-refractivity contribution in [2.75, 3.05) is 7.05 Å². The van der Waals surface area contributed by atoms with Gasteiger partial charge in [-0.3, -0.25) is 9.69 Å². The van der Waals surface area contributed by atoms with E-state index in [9.17, 15) is 13.2 Å². The lowest BCUT2D eigenvalue weighted by atomic mass is 10.1. The van der Waals surface area contributed by atoms with Crippen LogP contribution in [0.2, 0.25) is 0 Å². The van der Waals surface area contributed by atoms with Crippen molar-refractivity contribution in [2.24, 2.45) is 0 Å². The number of carbonyl (C=O) groups excluding carboxylic acids is 1. The average Bonchev–Trinajstić information content (AvgIpc) is 2.65. The highest BCUT2D eigenvalue weighted by atomic mass is 32.2. The van der Waals surface area contributed by atoms with Gasteiger partial charge < -0.3 is 5.32 Å². The van der Waals surface area contributed by atoms with Crippen molar-refractivity contribution in [3.8, 4) is 0 Å². The van der Waals surface area contributed by atoms with Crippen molar-refractivity contribution >= 4 is 15.9 Å². The van der Waals surface area contributed by atoms with Crippen LogP contribution in [0.25, 0.3) is 0 Å². The van der Waals surface area contributed by atoms with Crippen LogP contribution in [0.15, 0.2) is 53.4 Å². The number of hydrogen-bond donors (Lipinski definition) is 2. The maximum atomic E-state index is 12.6. The molecule has 1 amide bonds. The van der Waals surface area contributed by atoms with Gasteiger partial charge in [0.05, 0.1) is 4.90 Å². The number of nitrogens with one attached hydrogen (secondary N) is 2. The standard InChI is InChI=1S/C23H33N3O3S/c1-17(2)26(6)16-20-10-8-7-9-19(20)15-24-22(27)18-11-13-21(14-12-18)30(28,29)25-23(3,4)5/h7-14,17,25H,15-16H2,1-6H3,(H,24,27). The van der Waals surface area contributed by atoms with Gasteiger partial charge in [-0.1, -0.05) is 24.3 Å². The van der Waals surface area contributed by atoms with Crippen molar-refractivity contribution in [1.82, 2.24) is 14.9 Å². The molecule has 0 spiro atoms. The van der Waals surface area contributed by atoms with Gasteiger partial charge in [-0.05, 0) is 77.1 Å². The summed E-state index contributed by atoms with van der Waals surface area (Å²) in [5.41, 5.74) is 2.07. The summed E-state index contributed by atoms with van der Waals surface area (Å²) in [5, 5.41) is 2.93. The Hall–Kier alpha value is -2.22. The first-order chi connectivity index (χ1) is 13.9. The zero-order chi connectivity index (χ0) is 22.5. The van der Waals surface area contributed by atoms with E-state index in [4.69, 9.17) is 0 Å². The predicted molar refractivity (Wildman–Crippen MR) is 121 cm³/mol. The molecule has 2 N–H and O–H groups in total. The highest BCUT2D eigenvalue weighted by molar-refractivity contribution is 7.89. The van der Waals surface area contributed by atoms with Gasteiger partial charge in [0.2, 0.25) is 10.0 Å². The molecule has 2 rings (SSSR count). The van der Waals surface area contributed by atoms with Gasteiger partial charge in [0.15, 0.2) is 0 Å². The minimum Gasteiger partial charge on any atom is -0.348 e. The number of sulfonamides is 1. The van der Waals surface area contributed by atoms with Gasteiger partial charge in [0.25, 0.3) is 5.91 Å². The van der Waals surface area contributed by atoms with Crippen molar-refractivity contribution in [2.45, 2.75) is 64.2 Å². The van der Waals surface area contributed by atoms with Crippen LogP contribution in [0.3, 0.4) is 0 Å². The first-order valence-corrected chi connectivity index (χ1v) is 11.6. The van der Waals surface area contributed by atoms with Gasteiger partial charge in [0, 0.05) is 30.2 Å². The number of benzene rings is 2. The lowest BCUT2D eigenvalue weighted by Gasteiger charge is -2.22. The van der Waals surface area contributed by atoms with Crippen LogP contribution < -0.4 is 10.0 Å². The molecule has 2 aromatic rings. The molecule has 7 heteroatoms. The topological polar surface area (TPSA) is 78.5 Å². The van der Waals surface area contributed by atoms with E-state index in [1.807, 2.05) is 18.2 Å². The third-order valence-corrected chi connectivity index (χ3v) is 6.50. The van der Waals surface area contributed by atoms with Gasteiger partial charge in [-0.2, -0.15) is 0 Å². The maximum Gasteiger partial charge on any atom is 0.251 e. The van der Waals surface area contributed by atoms with Gasteiger partial charge in [-0.15, -0.1) is 0 Å². The normalized spacial score (nSPS) is 12.4. The van der Waals surface area contributed by atoms with Crippen LogP contribution in [0, 0.1) is 0 Å². The van der Waals surface area contributed by atoms with Crippen LogP contribution in [-0.2, 0) is 23.1 Å². The van der Waals surface area contributed by atoms with Crippen molar-refractivity contribution in [1.29, 1.82) is 0 Å². The fraction of sp³-hybridized carbons (Fsp3) is 0.435. The Morgan fingerprint density at radius 2 is 1.57 bits per heavy atom. The molecule has 30 heavy (non-hydrogen) atoms. The molecule has 6 nitrogen and oxygen atoms in total. The van der Waals surface area contributed by atoms with Crippen molar-refractivity contribution < 1.29 is 13.2 Å². The quantitative estimate of drug-likeness (QED) is 0.670. The molecule has 2 aromatic carbocycles. The Kier molecular flexibility index (Phi) is 7.80. The smallest absolute Gasteiger partial charge is 0.251 e. The molecule has 0 radical (unpaired) electrons. The Bertz CT molecular complexity index is 962. The minimum absolute atomic E-state index is 0.135. The average molecular weight is 432 g/mol. The summed E-state index contributed by atoms with van der Waals surface area (Å²) in [6, 6.07) is 14.4. The summed E-state index contributed by atoms with van der Waals surface area (Å²) in [5.74, 6) is -0.241. The molecular weight excluding hydrogens is 398 g/mol. The van der Waals surface area contributed by atoms with Crippen molar-refractivity contribution in [3.63, 3.8) is 0 Å². The summed E-state index contributed by atoms with van der Waals surface area (Å²) in [7, 11) is -1.55. The monoisotopic (exact) mass is 431 g/mol. The summed E-state index contributed by atoms with van der Waals surface area (Å²) in [4.78, 5) is 14.9. The Balaban J connectivity index is 2.06. The fourth-order valence-corrected chi connectivity index (χ4v) is 4.28. The van der Waals surface area contributed by atoms with Gasteiger partial charge >= 0.3 is 0 Å². The summed E-state index contributed by atoms with van der Waals surface area (Å²) < 4.78 is 27.4. The number of carbonyl (C=O) groups is 1. The van der Waals surface area contributed by atoms with Crippen LogP contribution in [0.4, 0.5) is 0 Å². The van der Waals surface area contributed by atoms with E-state index in [1.165, 1.54) is 29.8 Å². The van der Waals surface area contributed by atoms with E-state index in [1.54, 1.807) is 20.8 Å². The van der Waals surface area contributed by atoms with Crippen molar-refractivity contribution in [3.05, 3.63) is 65.2 Å². The molecule has 0 aliphatic carbocycles. The number of nitrogens with zero attached hydrogens (tertiary/aromatic N) is 1. The molecule has 0 aliphatic heterocycles. The second-order valence-electron chi connectivity index (χ2n) is 8.84. The molecule has 0 atom stereocenters. The summed E-state index contributed by atoms with van der Waals surface area (Å²) in [6.07, 6.45) is 0. The first kappa shape index (κ1) is 24.1. The summed E-state index contributed by atoms with van der Waals surface area (Å²) >= 11 is 0. The highest BCUT2D eigenvalue weighted by Crippen LogP contribution is 2.15. The zero-order valence-corrected chi connectivity index (χ0v) is 19.5. The molecule has 164 valence electrons. The molecule has 0 bridgehead atoms. The lowest BCUT2D eigenvalue weighted by molar-refractivity contribution is 0.0950. The van der Waals surface area contributed by atoms with E-state index < -0.39 is 15.6 Å². The molecule has 0 heterocycles. The lowest BCUT2D eigenvalue weighted by Crippen LogP contribution is -2.40. The maximum absolute atomic E-state index is 12.6. The molecule has 0 saturated carbocycles. The highest BCUT2D eigenvalue weighted by Gasteiger charge is 2.22. The van der Waals surface area contributed by atoms with E-state index in [0.29, 0.717) is 18.2 Å².